The summed E-state index contributed by atoms with van der Waals surface area (Å²) in [4.78, 5) is 17.2. The van der Waals surface area contributed by atoms with Crippen molar-refractivity contribution in [1.82, 2.24) is 10.3 Å². The lowest BCUT2D eigenvalue weighted by molar-refractivity contribution is 0.0943. The maximum Gasteiger partial charge on any atom is 0.263 e. The number of aromatic nitrogens is 1. The number of hydrogen-bond donors (Lipinski definition) is 1. The predicted molar refractivity (Wildman–Crippen MR) is 80.5 cm³/mol. The highest BCUT2D eigenvalue weighted by atomic mass is 32.1. The molecule has 20 heavy (non-hydrogen) atoms. The Kier molecular flexibility index (Phi) is 4.39. The number of carbonyl (C=O) groups excluding carboxylic acids is 1. The van der Waals surface area contributed by atoms with Crippen LogP contribution in [0.2, 0.25) is 0 Å². The zero-order valence-corrected chi connectivity index (χ0v) is 12.9. The highest BCUT2D eigenvalue weighted by molar-refractivity contribution is 7.13. The van der Waals surface area contributed by atoms with Gasteiger partial charge < -0.3 is 10.1 Å². The Morgan fingerprint density at radius 3 is 2.65 bits per heavy atom. The second-order valence-corrected chi connectivity index (χ2v) is 5.79. The van der Waals surface area contributed by atoms with Crippen molar-refractivity contribution in [2.45, 2.75) is 26.8 Å². The molecule has 2 rings (SSSR count). The van der Waals surface area contributed by atoms with Gasteiger partial charge in [-0.05, 0) is 26.8 Å². The van der Waals surface area contributed by atoms with E-state index < -0.39 is 0 Å². The van der Waals surface area contributed by atoms with Crippen LogP contribution < -0.4 is 10.1 Å². The van der Waals surface area contributed by atoms with Gasteiger partial charge in [0, 0.05) is 5.56 Å². The van der Waals surface area contributed by atoms with Gasteiger partial charge in [-0.3, -0.25) is 4.79 Å². The predicted octanol–water partition coefficient (Wildman–Crippen LogP) is 3.26. The molecular formula is C15H18N2O2S. The minimum atomic E-state index is -0.125. The van der Waals surface area contributed by atoms with E-state index in [0.29, 0.717) is 4.88 Å². The first kappa shape index (κ1) is 14.5. The fraction of sp³-hybridized carbons (Fsp3) is 0.333. The monoisotopic (exact) mass is 290 g/mol. The van der Waals surface area contributed by atoms with E-state index in [9.17, 15) is 4.79 Å². The van der Waals surface area contributed by atoms with Crippen molar-refractivity contribution in [3.05, 3.63) is 45.4 Å². The van der Waals surface area contributed by atoms with Gasteiger partial charge in [-0.15, -0.1) is 11.3 Å². The number of hydrogen-bond acceptors (Lipinski definition) is 4. The number of nitrogens with zero attached hydrogens (tertiary/aromatic N) is 1. The third-order valence-corrected chi connectivity index (χ3v) is 4.13. The quantitative estimate of drug-likeness (QED) is 0.940. The van der Waals surface area contributed by atoms with Crippen LogP contribution in [0.25, 0.3) is 0 Å². The van der Waals surface area contributed by atoms with Gasteiger partial charge in [-0.25, -0.2) is 4.98 Å². The number of aryl methyl sites for hydroxylation is 2. The highest BCUT2D eigenvalue weighted by Crippen LogP contribution is 2.25. The van der Waals surface area contributed by atoms with Crippen molar-refractivity contribution in [2.24, 2.45) is 0 Å². The molecule has 1 amide bonds. The average Bonchev–Trinajstić information content (AvgIpc) is 2.77. The van der Waals surface area contributed by atoms with Crippen LogP contribution in [0.4, 0.5) is 0 Å². The number of benzene rings is 1. The van der Waals surface area contributed by atoms with E-state index in [4.69, 9.17) is 4.74 Å². The topological polar surface area (TPSA) is 51.2 Å². The van der Waals surface area contributed by atoms with E-state index in [1.165, 1.54) is 11.3 Å². The largest absolute Gasteiger partial charge is 0.496 e. The summed E-state index contributed by atoms with van der Waals surface area (Å²) >= 11 is 1.42. The number of ether oxygens (including phenoxy) is 1. The lowest BCUT2D eigenvalue weighted by Gasteiger charge is -2.16. The van der Waals surface area contributed by atoms with Crippen LogP contribution in [-0.2, 0) is 0 Å². The lowest BCUT2D eigenvalue weighted by atomic mass is 10.1. The van der Waals surface area contributed by atoms with Crippen LogP contribution in [0.1, 0.15) is 38.9 Å². The molecule has 1 aromatic carbocycles. The molecule has 0 aliphatic rings. The maximum absolute atomic E-state index is 12.3. The molecule has 0 unspecified atom stereocenters. The van der Waals surface area contributed by atoms with Crippen molar-refractivity contribution < 1.29 is 9.53 Å². The Hall–Kier alpha value is -1.88. The smallest absolute Gasteiger partial charge is 0.263 e. The molecule has 0 spiro atoms. The van der Waals surface area contributed by atoms with Crippen LogP contribution in [0.15, 0.2) is 24.3 Å². The van der Waals surface area contributed by atoms with Gasteiger partial charge in [0.05, 0.1) is 23.9 Å². The normalized spacial score (nSPS) is 12.0. The summed E-state index contributed by atoms with van der Waals surface area (Å²) in [5.41, 5.74) is 1.74. The minimum absolute atomic E-state index is 0.0912. The van der Waals surface area contributed by atoms with E-state index >= 15 is 0 Å². The summed E-state index contributed by atoms with van der Waals surface area (Å²) in [7, 11) is 1.63. The number of thiazole rings is 1. The first-order valence-electron chi connectivity index (χ1n) is 6.40. The standard InChI is InChI=1S/C15H18N2O2S/c1-9(12-7-5-6-8-13(12)19-4)17-15(18)14-10(2)16-11(3)20-14/h5-9H,1-4H3,(H,17,18)/t9-/m0/s1. The van der Waals surface area contributed by atoms with E-state index in [2.05, 4.69) is 10.3 Å². The molecule has 1 atom stereocenters. The number of para-hydroxylation sites is 1. The van der Waals surface area contributed by atoms with E-state index in [0.717, 1.165) is 22.0 Å². The summed E-state index contributed by atoms with van der Waals surface area (Å²) in [6.45, 7) is 5.70. The minimum Gasteiger partial charge on any atom is -0.496 e. The maximum atomic E-state index is 12.3. The molecule has 0 saturated carbocycles. The molecule has 4 nitrogen and oxygen atoms in total. The first-order chi connectivity index (χ1) is 9.52. The Bertz CT molecular complexity index is 622. The second-order valence-electron chi connectivity index (χ2n) is 4.58. The number of rotatable bonds is 4. The zero-order chi connectivity index (χ0) is 14.7. The number of amides is 1. The van der Waals surface area contributed by atoms with E-state index in [1.807, 2.05) is 45.0 Å². The van der Waals surface area contributed by atoms with E-state index in [-0.39, 0.29) is 11.9 Å². The van der Waals surface area contributed by atoms with Gasteiger partial charge in [0.2, 0.25) is 0 Å². The van der Waals surface area contributed by atoms with Crippen molar-refractivity contribution in [3.63, 3.8) is 0 Å². The summed E-state index contributed by atoms with van der Waals surface area (Å²) in [5, 5.41) is 3.89. The summed E-state index contributed by atoms with van der Waals surface area (Å²) in [6, 6.07) is 7.56. The Morgan fingerprint density at radius 2 is 2.05 bits per heavy atom. The number of methoxy groups -OCH3 is 1. The van der Waals surface area contributed by atoms with Crippen molar-refractivity contribution in [2.75, 3.05) is 7.11 Å². The van der Waals surface area contributed by atoms with Crippen molar-refractivity contribution in [1.29, 1.82) is 0 Å². The molecule has 5 heteroatoms. The Balaban J connectivity index is 2.17. The van der Waals surface area contributed by atoms with Crippen LogP contribution in [0.3, 0.4) is 0 Å². The molecule has 0 fully saturated rings. The summed E-state index contributed by atoms with van der Waals surface area (Å²) in [5.74, 6) is 0.684. The molecular weight excluding hydrogens is 272 g/mol. The van der Waals surface area contributed by atoms with Crippen LogP contribution in [-0.4, -0.2) is 18.0 Å². The molecule has 0 saturated heterocycles. The molecule has 0 bridgehead atoms. The Morgan fingerprint density at radius 1 is 1.35 bits per heavy atom. The van der Waals surface area contributed by atoms with Gasteiger partial charge in [-0.2, -0.15) is 0 Å². The summed E-state index contributed by atoms with van der Waals surface area (Å²) < 4.78 is 5.32. The van der Waals surface area contributed by atoms with E-state index in [1.54, 1.807) is 7.11 Å². The van der Waals surface area contributed by atoms with Crippen LogP contribution >= 0.6 is 11.3 Å². The van der Waals surface area contributed by atoms with Crippen molar-refractivity contribution in [3.8, 4) is 5.75 Å². The molecule has 0 aliphatic heterocycles. The van der Waals surface area contributed by atoms with Crippen LogP contribution in [0.5, 0.6) is 5.75 Å². The highest BCUT2D eigenvalue weighted by Gasteiger charge is 2.18. The fourth-order valence-electron chi connectivity index (χ4n) is 2.11. The number of nitrogens with one attached hydrogen (secondary N) is 1. The SMILES string of the molecule is COc1ccccc1[C@H](C)NC(=O)c1sc(C)nc1C. The molecule has 1 N–H and O–H groups in total. The second kappa shape index (κ2) is 6.05. The van der Waals surface area contributed by atoms with Gasteiger partial charge in [0.15, 0.2) is 0 Å². The molecule has 0 radical (unpaired) electrons. The third kappa shape index (κ3) is 2.99. The third-order valence-electron chi connectivity index (χ3n) is 3.06. The molecule has 0 aliphatic carbocycles. The molecule has 1 heterocycles. The zero-order valence-electron chi connectivity index (χ0n) is 12.1. The van der Waals surface area contributed by atoms with Gasteiger partial charge in [-0.1, -0.05) is 18.2 Å². The fourth-order valence-corrected chi connectivity index (χ4v) is 2.93. The summed E-state index contributed by atoms with van der Waals surface area (Å²) in [6.07, 6.45) is 0. The Labute approximate surface area is 122 Å². The van der Waals surface area contributed by atoms with Gasteiger partial charge >= 0.3 is 0 Å². The molecule has 2 aromatic rings. The van der Waals surface area contributed by atoms with Crippen molar-refractivity contribution >= 4 is 17.2 Å². The van der Waals surface area contributed by atoms with Gasteiger partial charge in [0.25, 0.3) is 5.91 Å². The first-order valence-corrected chi connectivity index (χ1v) is 7.22. The number of carbonyl (C=O) groups is 1. The average molecular weight is 290 g/mol. The molecule has 1 aromatic heterocycles. The van der Waals surface area contributed by atoms with Gasteiger partial charge in [0.1, 0.15) is 10.6 Å². The molecule has 106 valence electrons. The lowest BCUT2D eigenvalue weighted by Crippen LogP contribution is -2.26. The van der Waals surface area contributed by atoms with Crippen LogP contribution in [0, 0.1) is 13.8 Å².